The van der Waals surface area contributed by atoms with E-state index in [1.807, 2.05) is 6.92 Å². The molecular weight excluding hydrogens is 356 g/mol. The Balaban J connectivity index is 1.78. The minimum absolute atomic E-state index is 0.0728. The zero-order chi connectivity index (χ0) is 16.7. The molecule has 3 aliphatic rings. The molecule has 1 amide bonds. The molecule has 0 spiro atoms. The summed E-state index contributed by atoms with van der Waals surface area (Å²) in [5.74, 6) is 0.0728. The molecule has 2 heterocycles. The zero-order valence-corrected chi connectivity index (χ0v) is 16.1. The summed E-state index contributed by atoms with van der Waals surface area (Å²) in [7, 11) is 0. The van der Waals surface area contributed by atoms with Crippen molar-refractivity contribution in [1.29, 1.82) is 0 Å². The molecule has 0 atom stereocenters. The maximum Gasteiger partial charge on any atom is 0.268 e. The molecule has 6 heteroatoms. The van der Waals surface area contributed by atoms with Crippen molar-refractivity contribution >= 4 is 51.7 Å². The summed E-state index contributed by atoms with van der Waals surface area (Å²) in [5, 5.41) is 1.09. The molecule has 0 bridgehead atoms. The van der Waals surface area contributed by atoms with Gasteiger partial charge < -0.3 is 4.90 Å². The van der Waals surface area contributed by atoms with Crippen LogP contribution in [0.3, 0.4) is 0 Å². The normalized spacial score (nSPS) is 24.9. The Bertz CT molecular complexity index is 725. The number of amides is 1. The van der Waals surface area contributed by atoms with Crippen molar-refractivity contribution in [3.63, 3.8) is 0 Å². The van der Waals surface area contributed by atoms with Gasteiger partial charge in [-0.3, -0.25) is 9.69 Å². The van der Waals surface area contributed by atoms with Crippen LogP contribution in [0.15, 0.2) is 39.1 Å². The molecule has 0 unspecified atom stereocenters. The molecule has 2 aliphatic heterocycles. The SMILES string of the molecule is CCN1C(=O)/C(=C2/Sc3ccccc3N2C2CCCCC2)SC1=S. The van der Waals surface area contributed by atoms with Crippen molar-refractivity contribution in [2.24, 2.45) is 0 Å². The summed E-state index contributed by atoms with van der Waals surface area (Å²) < 4.78 is 0.685. The Labute approximate surface area is 156 Å². The number of likely N-dealkylation sites (N-methyl/N-ethyl adjacent to an activating group) is 1. The molecule has 126 valence electrons. The van der Waals surface area contributed by atoms with Crippen molar-refractivity contribution in [2.45, 2.75) is 50.0 Å². The van der Waals surface area contributed by atoms with Crippen LogP contribution in [0.25, 0.3) is 0 Å². The number of carbonyl (C=O) groups excluding carboxylic acids is 1. The molecule has 4 rings (SSSR count). The summed E-state index contributed by atoms with van der Waals surface area (Å²) in [6, 6.07) is 9.00. The van der Waals surface area contributed by atoms with Crippen LogP contribution in [-0.4, -0.2) is 27.7 Å². The lowest BCUT2D eigenvalue weighted by Gasteiger charge is -2.34. The lowest BCUT2D eigenvalue weighted by Crippen LogP contribution is -2.35. The average molecular weight is 377 g/mol. The maximum atomic E-state index is 12.8. The summed E-state index contributed by atoms with van der Waals surface area (Å²) in [6.07, 6.45) is 6.28. The number of benzene rings is 1. The highest BCUT2D eigenvalue weighted by molar-refractivity contribution is 8.27. The number of rotatable bonds is 2. The molecule has 3 nitrogen and oxygen atoms in total. The van der Waals surface area contributed by atoms with Gasteiger partial charge in [-0.1, -0.05) is 67.1 Å². The number of carbonyl (C=O) groups is 1. The second-order valence-corrected chi connectivity index (χ2v) is 8.96. The van der Waals surface area contributed by atoms with E-state index in [1.165, 1.54) is 54.4 Å². The Morgan fingerprint density at radius 3 is 2.62 bits per heavy atom. The third kappa shape index (κ3) is 2.68. The minimum atomic E-state index is 0.0728. The second-order valence-electron chi connectivity index (χ2n) is 6.28. The molecule has 1 aliphatic carbocycles. The first kappa shape index (κ1) is 16.5. The molecule has 24 heavy (non-hydrogen) atoms. The van der Waals surface area contributed by atoms with Gasteiger partial charge in [0.25, 0.3) is 5.91 Å². The third-order valence-electron chi connectivity index (χ3n) is 4.85. The highest BCUT2D eigenvalue weighted by Crippen LogP contribution is 2.52. The van der Waals surface area contributed by atoms with Gasteiger partial charge in [-0.25, -0.2) is 0 Å². The fourth-order valence-corrected chi connectivity index (χ4v) is 6.41. The van der Waals surface area contributed by atoms with Gasteiger partial charge in [0.1, 0.15) is 14.3 Å². The van der Waals surface area contributed by atoms with Crippen LogP contribution in [-0.2, 0) is 4.79 Å². The zero-order valence-electron chi connectivity index (χ0n) is 13.7. The maximum absolute atomic E-state index is 12.8. The first-order valence-corrected chi connectivity index (χ1v) is 10.6. The number of hydrogen-bond donors (Lipinski definition) is 0. The number of anilines is 1. The molecule has 2 fully saturated rings. The topological polar surface area (TPSA) is 23.6 Å². The number of nitrogens with zero attached hydrogens (tertiary/aromatic N) is 2. The van der Waals surface area contributed by atoms with Gasteiger partial charge in [-0.2, -0.15) is 0 Å². The molecule has 0 radical (unpaired) electrons. The van der Waals surface area contributed by atoms with E-state index in [2.05, 4.69) is 29.2 Å². The van der Waals surface area contributed by atoms with Crippen LogP contribution in [0, 0.1) is 0 Å². The second kappa shape index (κ2) is 6.73. The van der Waals surface area contributed by atoms with E-state index in [-0.39, 0.29) is 5.91 Å². The monoisotopic (exact) mass is 376 g/mol. The largest absolute Gasteiger partial charge is 0.331 e. The molecule has 0 N–H and O–H groups in total. The lowest BCUT2D eigenvalue weighted by atomic mass is 9.94. The quantitative estimate of drug-likeness (QED) is 0.535. The molecule has 1 saturated heterocycles. The van der Waals surface area contributed by atoms with Crippen LogP contribution < -0.4 is 4.90 Å². The Morgan fingerprint density at radius 2 is 1.92 bits per heavy atom. The van der Waals surface area contributed by atoms with Crippen molar-refractivity contribution in [1.82, 2.24) is 4.90 Å². The number of thioether (sulfide) groups is 2. The smallest absolute Gasteiger partial charge is 0.268 e. The van der Waals surface area contributed by atoms with Crippen LogP contribution in [0.4, 0.5) is 5.69 Å². The fraction of sp³-hybridized carbons (Fsp3) is 0.444. The lowest BCUT2D eigenvalue weighted by molar-refractivity contribution is -0.122. The van der Waals surface area contributed by atoms with Crippen LogP contribution >= 0.6 is 35.7 Å². The molecule has 1 aromatic rings. The third-order valence-corrected chi connectivity index (χ3v) is 7.58. The van der Waals surface area contributed by atoms with Crippen molar-refractivity contribution in [3.05, 3.63) is 34.2 Å². The van der Waals surface area contributed by atoms with Crippen molar-refractivity contribution < 1.29 is 4.79 Å². The standard InChI is InChI=1S/C18H20N2OS3/c1-2-19-16(21)15(24-18(19)22)17-20(12-8-4-3-5-9-12)13-10-6-7-11-14(13)23-17/h6-7,10-12H,2-5,8-9H2,1H3/b17-15-. The Morgan fingerprint density at radius 1 is 1.17 bits per heavy atom. The summed E-state index contributed by atoms with van der Waals surface area (Å²) >= 11 is 8.61. The van der Waals surface area contributed by atoms with Gasteiger partial charge in [0, 0.05) is 17.5 Å². The predicted octanol–water partition coefficient (Wildman–Crippen LogP) is 4.98. The molecule has 1 saturated carbocycles. The summed E-state index contributed by atoms with van der Waals surface area (Å²) in [4.78, 5) is 19.0. The number of hydrogen-bond acceptors (Lipinski definition) is 5. The Kier molecular flexibility index (Phi) is 4.62. The molecular formula is C18H20N2OS3. The van der Waals surface area contributed by atoms with E-state index in [0.29, 0.717) is 16.9 Å². The van der Waals surface area contributed by atoms with Crippen molar-refractivity contribution in [3.8, 4) is 0 Å². The van der Waals surface area contributed by atoms with E-state index in [0.717, 1.165) is 9.93 Å². The van der Waals surface area contributed by atoms with E-state index >= 15 is 0 Å². The Hall–Kier alpha value is -0.980. The summed E-state index contributed by atoms with van der Waals surface area (Å²) in [6.45, 7) is 2.62. The highest BCUT2D eigenvalue weighted by atomic mass is 32.2. The number of fused-ring (bicyclic) bond motifs is 1. The van der Waals surface area contributed by atoms with Gasteiger partial charge in [0.2, 0.25) is 0 Å². The fourth-order valence-electron chi connectivity index (χ4n) is 3.66. The van der Waals surface area contributed by atoms with Gasteiger partial charge in [-0.05, 0) is 31.9 Å². The highest BCUT2D eigenvalue weighted by Gasteiger charge is 2.40. The number of thiocarbonyl (C=S) groups is 1. The molecule has 0 aromatic heterocycles. The van der Waals surface area contributed by atoms with E-state index in [4.69, 9.17) is 12.2 Å². The predicted molar refractivity (Wildman–Crippen MR) is 106 cm³/mol. The first-order valence-electron chi connectivity index (χ1n) is 8.54. The molecule has 1 aromatic carbocycles. The van der Waals surface area contributed by atoms with Crippen molar-refractivity contribution in [2.75, 3.05) is 11.4 Å². The van der Waals surface area contributed by atoms with E-state index in [9.17, 15) is 4.79 Å². The minimum Gasteiger partial charge on any atom is -0.331 e. The first-order chi connectivity index (χ1) is 11.7. The average Bonchev–Trinajstić information content (AvgIpc) is 3.12. The summed E-state index contributed by atoms with van der Waals surface area (Å²) in [5.41, 5.74) is 1.26. The number of para-hydroxylation sites is 1. The van der Waals surface area contributed by atoms with Gasteiger partial charge in [-0.15, -0.1) is 0 Å². The van der Waals surface area contributed by atoms with Gasteiger partial charge >= 0.3 is 0 Å². The van der Waals surface area contributed by atoms with Gasteiger partial charge in [0.15, 0.2) is 0 Å². The van der Waals surface area contributed by atoms with E-state index < -0.39 is 0 Å². The van der Waals surface area contributed by atoms with Gasteiger partial charge in [0.05, 0.1) is 5.69 Å². The van der Waals surface area contributed by atoms with Crippen LogP contribution in [0.5, 0.6) is 0 Å². The van der Waals surface area contributed by atoms with Crippen LogP contribution in [0.2, 0.25) is 0 Å². The van der Waals surface area contributed by atoms with Crippen LogP contribution in [0.1, 0.15) is 39.0 Å². The van der Waals surface area contributed by atoms with E-state index in [1.54, 1.807) is 16.7 Å².